The molecule has 0 saturated carbocycles. The molecule has 0 radical (unpaired) electrons. The second-order valence-corrected chi connectivity index (χ2v) is 5.77. The van der Waals surface area contributed by atoms with Gasteiger partial charge in [-0.25, -0.2) is 0 Å². The fourth-order valence-corrected chi connectivity index (χ4v) is 3.84. The highest BCUT2D eigenvalue weighted by Crippen LogP contribution is 2.54. The van der Waals surface area contributed by atoms with Crippen molar-refractivity contribution >= 4 is 0 Å². The van der Waals surface area contributed by atoms with Crippen LogP contribution in [0.25, 0.3) is 11.1 Å². The van der Waals surface area contributed by atoms with Gasteiger partial charge in [0, 0.05) is 5.56 Å². The van der Waals surface area contributed by atoms with E-state index in [1.807, 2.05) is 18.2 Å². The van der Waals surface area contributed by atoms with Crippen LogP contribution in [0.1, 0.15) is 28.8 Å². The molecule has 4 nitrogen and oxygen atoms in total. The molecule has 2 aromatic carbocycles. The predicted octanol–water partition coefficient (Wildman–Crippen LogP) is 2.32. The van der Waals surface area contributed by atoms with Crippen LogP contribution in [0.5, 0.6) is 11.5 Å². The third-order valence-corrected chi connectivity index (χ3v) is 4.72. The summed E-state index contributed by atoms with van der Waals surface area (Å²) < 4.78 is 11.3. The third-order valence-electron chi connectivity index (χ3n) is 4.72. The van der Waals surface area contributed by atoms with Gasteiger partial charge in [0.05, 0.1) is 12.1 Å². The lowest BCUT2D eigenvalue weighted by Gasteiger charge is -2.38. The van der Waals surface area contributed by atoms with Crippen molar-refractivity contribution in [1.29, 1.82) is 0 Å². The van der Waals surface area contributed by atoms with E-state index in [1.165, 1.54) is 11.1 Å². The Balaban J connectivity index is 1.91. The lowest BCUT2D eigenvalue weighted by atomic mass is 9.76. The number of hydrogen-bond donors (Lipinski definition) is 2. The third kappa shape index (κ3) is 1.41. The second-order valence-electron chi connectivity index (χ2n) is 5.77. The standard InChI is InChI=1S/C17H15NO3/c19-16-11-4-2-1-3-10(11)14-13-9(5-6-18-15(13)16)7-12-17(14)21-8-20-12/h1-4,7,15-16,18-19H,5-6,8H2/t15-,16+/m0/s1. The van der Waals surface area contributed by atoms with Gasteiger partial charge >= 0.3 is 0 Å². The summed E-state index contributed by atoms with van der Waals surface area (Å²) >= 11 is 0. The Bertz CT molecular complexity index is 756. The SMILES string of the molecule is O[C@@H]1c2ccccc2-c2c3c(cc4c2[C@@H]1NCC4)OCO3. The van der Waals surface area contributed by atoms with E-state index in [0.717, 1.165) is 41.2 Å². The zero-order valence-corrected chi connectivity index (χ0v) is 11.4. The van der Waals surface area contributed by atoms with Crippen molar-refractivity contribution in [3.63, 3.8) is 0 Å². The number of benzene rings is 2. The van der Waals surface area contributed by atoms with Gasteiger partial charge in [-0.05, 0) is 41.3 Å². The van der Waals surface area contributed by atoms with Crippen LogP contribution >= 0.6 is 0 Å². The summed E-state index contributed by atoms with van der Waals surface area (Å²) in [5.74, 6) is 1.65. The van der Waals surface area contributed by atoms with E-state index in [4.69, 9.17) is 9.47 Å². The van der Waals surface area contributed by atoms with E-state index in [1.54, 1.807) is 0 Å². The van der Waals surface area contributed by atoms with Crippen LogP contribution in [0.4, 0.5) is 0 Å². The van der Waals surface area contributed by atoms with Crippen LogP contribution in [-0.2, 0) is 6.42 Å². The molecule has 2 N–H and O–H groups in total. The van der Waals surface area contributed by atoms with Crippen LogP contribution in [0.15, 0.2) is 30.3 Å². The van der Waals surface area contributed by atoms with Gasteiger partial charge in [-0.1, -0.05) is 24.3 Å². The Kier molecular flexibility index (Phi) is 2.21. The molecule has 0 unspecified atom stereocenters. The van der Waals surface area contributed by atoms with E-state index < -0.39 is 6.10 Å². The van der Waals surface area contributed by atoms with Gasteiger partial charge < -0.3 is 19.9 Å². The molecule has 0 spiro atoms. The highest BCUT2D eigenvalue weighted by Gasteiger charge is 2.39. The molecule has 21 heavy (non-hydrogen) atoms. The summed E-state index contributed by atoms with van der Waals surface area (Å²) in [4.78, 5) is 0. The molecule has 0 aromatic heterocycles. The zero-order chi connectivity index (χ0) is 14.0. The van der Waals surface area contributed by atoms with Crippen molar-refractivity contribution in [2.24, 2.45) is 0 Å². The number of ether oxygens (including phenoxy) is 2. The van der Waals surface area contributed by atoms with Crippen LogP contribution in [0, 0.1) is 0 Å². The van der Waals surface area contributed by atoms with E-state index in [2.05, 4.69) is 17.4 Å². The maximum Gasteiger partial charge on any atom is 0.231 e. The summed E-state index contributed by atoms with van der Waals surface area (Å²) in [5, 5.41) is 14.2. The van der Waals surface area contributed by atoms with Gasteiger partial charge in [0.2, 0.25) is 6.79 Å². The molecule has 106 valence electrons. The first-order chi connectivity index (χ1) is 10.3. The zero-order valence-electron chi connectivity index (χ0n) is 11.4. The largest absolute Gasteiger partial charge is 0.454 e. The van der Waals surface area contributed by atoms with Crippen molar-refractivity contribution in [1.82, 2.24) is 5.32 Å². The maximum atomic E-state index is 10.7. The summed E-state index contributed by atoms with van der Waals surface area (Å²) in [6.07, 6.45) is 0.429. The molecule has 3 aliphatic rings. The number of aliphatic hydroxyl groups excluding tert-OH is 1. The topological polar surface area (TPSA) is 50.7 Å². The number of fused-ring (bicyclic) bond motifs is 4. The highest BCUT2D eigenvalue weighted by atomic mass is 16.7. The summed E-state index contributed by atoms with van der Waals surface area (Å²) in [7, 11) is 0. The molecule has 5 rings (SSSR count). The second kappa shape index (κ2) is 4.00. The van der Waals surface area contributed by atoms with Crippen molar-refractivity contribution in [3.05, 3.63) is 47.0 Å². The van der Waals surface area contributed by atoms with Gasteiger partial charge in [0.25, 0.3) is 0 Å². The number of rotatable bonds is 0. The molecule has 4 heteroatoms. The summed E-state index contributed by atoms with van der Waals surface area (Å²) in [6.45, 7) is 1.14. The minimum absolute atomic E-state index is 0.0619. The first-order valence-electron chi connectivity index (χ1n) is 7.30. The Morgan fingerprint density at radius 2 is 2.10 bits per heavy atom. The molecule has 0 bridgehead atoms. The predicted molar refractivity (Wildman–Crippen MR) is 77.4 cm³/mol. The average molecular weight is 281 g/mol. The van der Waals surface area contributed by atoms with Crippen molar-refractivity contribution in [2.75, 3.05) is 13.3 Å². The van der Waals surface area contributed by atoms with Crippen molar-refractivity contribution in [2.45, 2.75) is 18.6 Å². The minimum atomic E-state index is -0.520. The molecular weight excluding hydrogens is 266 g/mol. The molecule has 1 aliphatic carbocycles. The van der Waals surface area contributed by atoms with Gasteiger partial charge in [-0.15, -0.1) is 0 Å². The molecular formula is C17H15NO3. The van der Waals surface area contributed by atoms with E-state index in [-0.39, 0.29) is 12.8 Å². The van der Waals surface area contributed by atoms with Crippen molar-refractivity contribution < 1.29 is 14.6 Å². The summed E-state index contributed by atoms with van der Waals surface area (Å²) in [6, 6.07) is 10.0. The quantitative estimate of drug-likeness (QED) is 0.778. The lowest BCUT2D eigenvalue weighted by Crippen LogP contribution is -2.36. The number of aliphatic hydroxyl groups is 1. The molecule has 2 aliphatic heterocycles. The van der Waals surface area contributed by atoms with Gasteiger partial charge in [0.1, 0.15) is 0 Å². The molecule has 2 heterocycles. The maximum absolute atomic E-state index is 10.7. The first-order valence-corrected chi connectivity index (χ1v) is 7.30. The number of nitrogens with one attached hydrogen (secondary N) is 1. The van der Waals surface area contributed by atoms with Crippen LogP contribution in [0.2, 0.25) is 0 Å². The Morgan fingerprint density at radius 3 is 3.05 bits per heavy atom. The fraction of sp³-hybridized carbons (Fsp3) is 0.294. The first kappa shape index (κ1) is 11.6. The molecule has 2 aromatic rings. The van der Waals surface area contributed by atoms with Crippen molar-refractivity contribution in [3.8, 4) is 22.6 Å². The van der Waals surface area contributed by atoms with Gasteiger partial charge in [0.15, 0.2) is 11.5 Å². The fourth-order valence-electron chi connectivity index (χ4n) is 3.84. The highest BCUT2D eigenvalue weighted by molar-refractivity contribution is 5.84. The van der Waals surface area contributed by atoms with Crippen LogP contribution in [-0.4, -0.2) is 18.4 Å². The normalized spacial score (nSPS) is 24.4. The van der Waals surface area contributed by atoms with E-state index in [0.29, 0.717) is 0 Å². The average Bonchev–Trinajstić information content (AvgIpc) is 2.99. The smallest absolute Gasteiger partial charge is 0.231 e. The summed E-state index contributed by atoms with van der Waals surface area (Å²) in [5.41, 5.74) is 5.55. The molecule has 2 atom stereocenters. The van der Waals surface area contributed by atoms with E-state index in [9.17, 15) is 5.11 Å². The molecule has 0 saturated heterocycles. The molecule has 0 amide bonds. The molecule has 0 fully saturated rings. The van der Waals surface area contributed by atoms with Crippen LogP contribution in [0.3, 0.4) is 0 Å². The van der Waals surface area contributed by atoms with E-state index >= 15 is 0 Å². The monoisotopic (exact) mass is 281 g/mol. The Labute approximate surface area is 122 Å². The Morgan fingerprint density at radius 1 is 1.19 bits per heavy atom. The van der Waals surface area contributed by atoms with Gasteiger partial charge in [-0.3, -0.25) is 0 Å². The van der Waals surface area contributed by atoms with Gasteiger partial charge in [-0.2, -0.15) is 0 Å². The Hall–Kier alpha value is -2.04. The minimum Gasteiger partial charge on any atom is -0.454 e. The number of hydrogen-bond acceptors (Lipinski definition) is 4. The van der Waals surface area contributed by atoms with Crippen LogP contribution < -0.4 is 14.8 Å². The lowest BCUT2D eigenvalue weighted by molar-refractivity contribution is 0.123.